The first-order valence-electron chi connectivity index (χ1n) is 16.3. The Balaban J connectivity index is 0.00000157. The van der Waals surface area contributed by atoms with Crippen molar-refractivity contribution in [1.82, 2.24) is 10.2 Å². The van der Waals surface area contributed by atoms with Crippen molar-refractivity contribution in [2.45, 2.75) is 84.5 Å². The van der Waals surface area contributed by atoms with Crippen LogP contribution in [0.15, 0.2) is 72.3 Å². The predicted octanol–water partition coefficient (Wildman–Crippen LogP) is 9.42. The molecule has 244 valence electrons. The van der Waals surface area contributed by atoms with Gasteiger partial charge >= 0.3 is 6.18 Å². The molecule has 7 heteroatoms. The fourth-order valence-corrected chi connectivity index (χ4v) is 6.89. The average molecular weight is 623 g/mol. The summed E-state index contributed by atoms with van der Waals surface area (Å²) in [6.45, 7) is 8.26. The highest BCUT2D eigenvalue weighted by atomic mass is 19.4. The molecule has 0 atom stereocenters. The molecule has 45 heavy (non-hydrogen) atoms. The lowest BCUT2D eigenvalue weighted by Crippen LogP contribution is -2.38. The van der Waals surface area contributed by atoms with E-state index in [1.807, 2.05) is 44.2 Å². The van der Waals surface area contributed by atoms with Gasteiger partial charge < -0.3 is 5.32 Å². The maximum atomic E-state index is 13.3. The molecule has 0 radical (unpaired) electrons. The van der Waals surface area contributed by atoms with Crippen molar-refractivity contribution in [2.75, 3.05) is 13.1 Å². The van der Waals surface area contributed by atoms with Crippen molar-refractivity contribution in [1.29, 1.82) is 0 Å². The molecule has 0 unspecified atom stereocenters. The zero-order valence-corrected chi connectivity index (χ0v) is 26.5. The number of benzene rings is 3. The highest BCUT2D eigenvalue weighted by Gasteiger charge is 2.31. The number of ketones is 1. The molecule has 1 heterocycles. The molecule has 3 aromatic rings. The maximum Gasteiger partial charge on any atom is 0.416 e. The molecule has 6 rings (SSSR count). The summed E-state index contributed by atoms with van der Waals surface area (Å²) in [6, 6.07) is 19.6. The van der Waals surface area contributed by atoms with Crippen molar-refractivity contribution in [3.05, 3.63) is 111 Å². The first-order chi connectivity index (χ1) is 21.6. The molecular formula is C38H49F3N2O2. The number of hydrogen-bond donors (Lipinski definition) is 1. The quantitative estimate of drug-likeness (QED) is 0.267. The number of amides is 1. The topological polar surface area (TPSA) is 49.4 Å². The fourth-order valence-electron chi connectivity index (χ4n) is 6.89. The number of carbonyl (C=O) groups is 2. The number of hydrogen-bond acceptors (Lipinski definition) is 3. The van der Waals surface area contributed by atoms with Crippen LogP contribution in [0.5, 0.6) is 0 Å². The van der Waals surface area contributed by atoms with Gasteiger partial charge in [-0.2, -0.15) is 13.2 Å². The van der Waals surface area contributed by atoms with E-state index in [0.29, 0.717) is 11.5 Å². The molecule has 1 saturated carbocycles. The average Bonchev–Trinajstić information content (AvgIpc) is 3.40. The van der Waals surface area contributed by atoms with Crippen molar-refractivity contribution in [2.24, 2.45) is 5.92 Å². The molecule has 2 aliphatic carbocycles. The third-order valence-corrected chi connectivity index (χ3v) is 9.39. The number of alkyl halides is 3. The second-order valence-electron chi connectivity index (χ2n) is 12.4. The predicted molar refractivity (Wildman–Crippen MR) is 179 cm³/mol. The van der Waals surface area contributed by atoms with Crippen LogP contribution in [-0.4, -0.2) is 35.7 Å². The van der Waals surface area contributed by atoms with Crippen LogP contribution in [0.1, 0.15) is 106 Å². The summed E-state index contributed by atoms with van der Waals surface area (Å²) in [5.74, 6) is 0.448. The van der Waals surface area contributed by atoms with Crippen molar-refractivity contribution in [3.8, 4) is 0 Å². The maximum absolute atomic E-state index is 13.3. The summed E-state index contributed by atoms with van der Waals surface area (Å²) < 4.78 is 38.6. The van der Waals surface area contributed by atoms with Crippen molar-refractivity contribution in [3.63, 3.8) is 0 Å². The Hall–Kier alpha value is -3.71. The Kier molecular flexibility index (Phi) is 10.3. The van der Waals surface area contributed by atoms with Gasteiger partial charge in [-0.05, 0) is 110 Å². The van der Waals surface area contributed by atoms with Crippen LogP contribution < -0.4 is 5.32 Å². The standard InChI is InChI=1S/C36H37F3N2O2.C2H6.3H2/c1-23(42)27-8-2-26(3-9-27)21-41-17-16-29-19-28-10-11-30(20-33(28)34(29)22-41)35(43)40-32-14-6-25(7-15-32)18-24-4-12-31(13-5-24)36(37,38)39;1-2;;;/h2-5,8-13,20,25,32H,6-7,14-19,21-22H2,1H3,(H,40,43);1-2H3;3*1H. The zero-order chi connectivity index (χ0) is 32.1. The first-order valence-corrected chi connectivity index (χ1v) is 16.3. The Bertz CT molecular complexity index is 1550. The number of halogens is 3. The van der Waals surface area contributed by atoms with Gasteiger partial charge in [0.25, 0.3) is 5.91 Å². The molecule has 0 aromatic heterocycles. The number of carbonyl (C=O) groups excluding carboxylic acids is 2. The number of Topliss-reactive ketones (excluding diaryl/α,β-unsaturated/α-hetero) is 1. The van der Waals surface area contributed by atoms with Gasteiger partial charge in [0.05, 0.1) is 5.56 Å². The molecule has 0 saturated heterocycles. The third-order valence-electron chi connectivity index (χ3n) is 9.39. The highest BCUT2D eigenvalue weighted by Crippen LogP contribution is 2.39. The summed E-state index contributed by atoms with van der Waals surface area (Å²) in [4.78, 5) is 27.3. The van der Waals surface area contributed by atoms with E-state index in [-0.39, 0.29) is 22.0 Å². The van der Waals surface area contributed by atoms with Gasteiger partial charge in [0, 0.05) is 41.1 Å². The summed E-state index contributed by atoms with van der Waals surface area (Å²) in [5.41, 5.74) is 8.24. The minimum atomic E-state index is -4.31. The number of fused-ring (bicyclic) bond motifs is 2. The zero-order valence-electron chi connectivity index (χ0n) is 26.5. The van der Waals surface area contributed by atoms with E-state index in [4.69, 9.17) is 0 Å². The van der Waals surface area contributed by atoms with E-state index in [2.05, 4.69) is 22.3 Å². The van der Waals surface area contributed by atoms with E-state index in [1.165, 1.54) is 27.8 Å². The molecule has 0 bridgehead atoms. The van der Waals surface area contributed by atoms with E-state index in [0.717, 1.165) is 87.8 Å². The van der Waals surface area contributed by atoms with Gasteiger partial charge in [-0.1, -0.05) is 61.9 Å². The van der Waals surface area contributed by atoms with Gasteiger partial charge in [-0.15, -0.1) is 0 Å². The second-order valence-corrected chi connectivity index (χ2v) is 12.4. The first kappa shape index (κ1) is 32.7. The molecule has 1 fully saturated rings. The van der Waals surface area contributed by atoms with Crippen LogP contribution >= 0.6 is 0 Å². The van der Waals surface area contributed by atoms with E-state index in [9.17, 15) is 22.8 Å². The monoisotopic (exact) mass is 622 g/mol. The fraction of sp³-hybridized carbons (Fsp3) is 0.421. The molecule has 3 aliphatic rings. The molecule has 1 aliphatic heterocycles. The molecular weight excluding hydrogens is 573 g/mol. The molecule has 1 amide bonds. The summed E-state index contributed by atoms with van der Waals surface area (Å²) in [7, 11) is 0. The van der Waals surface area contributed by atoms with Crippen molar-refractivity contribution >= 4 is 17.3 Å². The van der Waals surface area contributed by atoms with E-state index >= 15 is 0 Å². The Morgan fingerprint density at radius 1 is 0.889 bits per heavy atom. The Morgan fingerprint density at radius 2 is 1.53 bits per heavy atom. The summed E-state index contributed by atoms with van der Waals surface area (Å²) in [5, 5.41) is 3.25. The molecule has 0 spiro atoms. The number of rotatable bonds is 7. The Labute approximate surface area is 269 Å². The van der Waals surface area contributed by atoms with Gasteiger partial charge in [-0.3, -0.25) is 14.5 Å². The Morgan fingerprint density at radius 3 is 2.18 bits per heavy atom. The van der Waals surface area contributed by atoms with Crippen LogP contribution in [0.3, 0.4) is 0 Å². The lowest BCUT2D eigenvalue weighted by molar-refractivity contribution is -0.137. The van der Waals surface area contributed by atoms with Crippen LogP contribution in [0.25, 0.3) is 5.57 Å². The molecule has 4 nitrogen and oxygen atoms in total. The smallest absolute Gasteiger partial charge is 0.349 e. The molecule has 3 aromatic carbocycles. The highest BCUT2D eigenvalue weighted by molar-refractivity contribution is 5.96. The van der Waals surface area contributed by atoms with E-state index < -0.39 is 11.7 Å². The number of nitrogens with zero attached hydrogens (tertiary/aromatic N) is 1. The number of nitrogens with one attached hydrogen (secondary N) is 1. The summed E-state index contributed by atoms with van der Waals surface area (Å²) in [6.07, 6.45) is 2.07. The largest absolute Gasteiger partial charge is 0.416 e. The van der Waals surface area contributed by atoms with E-state index in [1.54, 1.807) is 19.1 Å². The second kappa shape index (κ2) is 14.2. The normalized spacial score (nSPS) is 19.7. The van der Waals surface area contributed by atoms with Gasteiger partial charge in [-0.25, -0.2) is 0 Å². The minimum absolute atomic E-state index is 0. The molecule has 1 N–H and O–H groups in total. The van der Waals surface area contributed by atoms with Crippen LogP contribution in [0, 0.1) is 5.92 Å². The third kappa shape index (κ3) is 7.93. The van der Waals surface area contributed by atoms with Crippen LogP contribution in [0.2, 0.25) is 0 Å². The SMILES string of the molecule is CC.CC(=O)c1ccc(CN2CCC3=C(C2)c2cc(C(=O)NC4CCC(Cc5ccc(C(F)(F)F)cc5)CC4)ccc2C3)cc1.[HH].[HH].[HH]. The van der Waals surface area contributed by atoms with Crippen molar-refractivity contribution < 1.29 is 27.0 Å². The minimum Gasteiger partial charge on any atom is -0.349 e. The lowest BCUT2D eigenvalue weighted by Gasteiger charge is -2.29. The lowest BCUT2D eigenvalue weighted by atomic mass is 9.82. The van der Waals surface area contributed by atoms with Gasteiger partial charge in [0.15, 0.2) is 5.78 Å². The van der Waals surface area contributed by atoms with Gasteiger partial charge in [0.2, 0.25) is 0 Å². The summed E-state index contributed by atoms with van der Waals surface area (Å²) >= 11 is 0. The van der Waals surface area contributed by atoms with Gasteiger partial charge in [0.1, 0.15) is 0 Å². The van der Waals surface area contributed by atoms with Crippen LogP contribution in [0.4, 0.5) is 13.2 Å². The van der Waals surface area contributed by atoms with Crippen LogP contribution in [-0.2, 0) is 25.6 Å².